The highest BCUT2D eigenvalue weighted by atomic mass is 127. The first-order chi connectivity index (χ1) is 12.1. The summed E-state index contributed by atoms with van der Waals surface area (Å²) in [5, 5.41) is 3.84. The van der Waals surface area contributed by atoms with Crippen molar-refractivity contribution in [2.24, 2.45) is 21.7 Å². The van der Waals surface area contributed by atoms with Gasteiger partial charge in [0.15, 0.2) is 5.96 Å². The molecule has 0 radical (unpaired) electrons. The van der Waals surface area contributed by atoms with E-state index in [0.29, 0.717) is 23.5 Å². The Morgan fingerprint density at radius 3 is 2.69 bits per heavy atom. The molecule has 150 valence electrons. The maximum absolute atomic E-state index is 6.06. The molecule has 4 aliphatic rings. The van der Waals surface area contributed by atoms with Gasteiger partial charge in [-0.25, -0.2) is 0 Å². The summed E-state index contributed by atoms with van der Waals surface area (Å²) in [7, 11) is 1.93. The molecule has 4 atom stereocenters. The first kappa shape index (κ1) is 20.6. The van der Waals surface area contributed by atoms with E-state index in [4.69, 9.17) is 9.47 Å². The molecule has 4 rings (SSSR count). The van der Waals surface area contributed by atoms with Gasteiger partial charge in [0.2, 0.25) is 0 Å². The molecule has 4 unspecified atom stereocenters. The second-order valence-corrected chi connectivity index (χ2v) is 9.27. The Morgan fingerprint density at radius 1 is 1.15 bits per heavy atom. The lowest BCUT2D eigenvalue weighted by Crippen LogP contribution is -2.71. The molecule has 6 heteroatoms. The Morgan fingerprint density at radius 2 is 1.96 bits per heavy atom. The SMILES string of the molecule is CN=C(NC1C2CCCOC2C1(C)C)N1CCCC2(CCCOC2)C1.I. The van der Waals surface area contributed by atoms with E-state index in [1.54, 1.807) is 0 Å². The molecule has 0 aromatic heterocycles. The molecular weight excluding hydrogens is 441 g/mol. The average molecular weight is 477 g/mol. The minimum Gasteiger partial charge on any atom is -0.381 e. The first-order valence-corrected chi connectivity index (χ1v) is 10.2. The van der Waals surface area contributed by atoms with Crippen molar-refractivity contribution in [1.29, 1.82) is 0 Å². The van der Waals surface area contributed by atoms with Crippen LogP contribution in [0.4, 0.5) is 0 Å². The van der Waals surface area contributed by atoms with Crippen molar-refractivity contribution in [2.75, 3.05) is 40.0 Å². The quantitative estimate of drug-likeness (QED) is 0.358. The largest absolute Gasteiger partial charge is 0.381 e. The predicted octanol–water partition coefficient (Wildman–Crippen LogP) is 3.28. The standard InChI is InChI=1S/C20H35N3O2.HI/c1-19(2)16(15-7-4-12-25-17(15)19)22-18(21-3)23-10-5-8-20(13-23)9-6-11-24-14-20;/h15-17H,4-14H2,1-3H3,(H,21,22);1H. The summed E-state index contributed by atoms with van der Waals surface area (Å²) in [5.41, 5.74) is 0.530. The van der Waals surface area contributed by atoms with E-state index in [1.165, 1.54) is 38.5 Å². The molecule has 0 amide bonds. The zero-order valence-electron chi connectivity index (χ0n) is 16.6. The van der Waals surface area contributed by atoms with Crippen LogP contribution in [0.25, 0.3) is 0 Å². The number of hydrogen-bond acceptors (Lipinski definition) is 3. The number of nitrogens with one attached hydrogen (secondary N) is 1. The molecule has 1 saturated carbocycles. The van der Waals surface area contributed by atoms with Crippen molar-refractivity contribution in [1.82, 2.24) is 10.2 Å². The number of guanidine groups is 1. The normalized spacial score (nSPS) is 39.6. The highest BCUT2D eigenvalue weighted by Gasteiger charge is 2.58. The van der Waals surface area contributed by atoms with Crippen LogP contribution >= 0.6 is 24.0 Å². The molecule has 0 aromatic rings. The van der Waals surface area contributed by atoms with Crippen LogP contribution in [-0.2, 0) is 9.47 Å². The van der Waals surface area contributed by atoms with Crippen molar-refractivity contribution in [3.8, 4) is 0 Å². The van der Waals surface area contributed by atoms with Crippen LogP contribution in [0.5, 0.6) is 0 Å². The summed E-state index contributed by atoms with van der Waals surface area (Å²) < 4.78 is 11.9. The number of likely N-dealkylation sites (tertiary alicyclic amines) is 1. The van der Waals surface area contributed by atoms with E-state index in [1.807, 2.05) is 7.05 Å². The molecule has 1 N–H and O–H groups in total. The number of fused-ring (bicyclic) bond motifs is 1. The fraction of sp³-hybridized carbons (Fsp3) is 0.950. The van der Waals surface area contributed by atoms with Crippen molar-refractivity contribution in [3.63, 3.8) is 0 Å². The van der Waals surface area contributed by atoms with Gasteiger partial charge in [-0.2, -0.15) is 0 Å². The molecule has 1 aliphatic carbocycles. The summed E-state index contributed by atoms with van der Waals surface area (Å²) in [4.78, 5) is 7.16. The van der Waals surface area contributed by atoms with Gasteiger partial charge in [0.05, 0.1) is 12.7 Å². The van der Waals surface area contributed by atoms with Gasteiger partial charge in [-0.1, -0.05) is 13.8 Å². The number of aliphatic imine (C=N–C) groups is 1. The fourth-order valence-corrected chi connectivity index (χ4v) is 5.87. The molecule has 26 heavy (non-hydrogen) atoms. The van der Waals surface area contributed by atoms with Gasteiger partial charge < -0.3 is 19.7 Å². The number of ether oxygens (including phenoxy) is 2. The Hall–Kier alpha value is -0.0800. The second-order valence-electron chi connectivity index (χ2n) is 9.27. The van der Waals surface area contributed by atoms with E-state index in [0.717, 1.165) is 38.9 Å². The first-order valence-electron chi connectivity index (χ1n) is 10.2. The highest BCUT2D eigenvalue weighted by Crippen LogP contribution is 2.51. The number of hydrogen-bond donors (Lipinski definition) is 1. The summed E-state index contributed by atoms with van der Waals surface area (Å²) in [6.07, 6.45) is 7.93. The second kappa shape index (κ2) is 8.11. The van der Waals surface area contributed by atoms with Gasteiger partial charge in [0.25, 0.3) is 0 Å². The lowest BCUT2D eigenvalue weighted by Gasteiger charge is -2.60. The van der Waals surface area contributed by atoms with Crippen molar-refractivity contribution in [2.45, 2.75) is 64.5 Å². The lowest BCUT2D eigenvalue weighted by molar-refractivity contribution is -0.189. The number of rotatable bonds is 1. The Labute approximate surface area is 175 Å². The molecule has 3 saturated heterocycles. The summed E-state index contributed by atoms with van der Waals surface area (Å²) in [5.74, 6) is 1.73. The maximum Gasteiger partial charge on any atom is 0.193 e. The zero-order chi connectivity index (χ0) is 17.5. The fourth-order valence-electron chi connectivity index (χ4n) is 5.87. The van der Waals surface area contributed by atoms with Crippen molar-refractivity contribution in [3.05, 3.63) is 0 Å². The average Bonchev–Trinajstić information content (AvgIpc) is 2.63. The van der Waals surface area contributed by atoms with Crippen LogP contribution in [0.1, 0.15) is 52.4 Å². The van der Waals surface area contributed by atoms with Gasteiger partial charge in [-0.15, -0.1) is 24.0 Å². The van der Waals surface area contributed by atoms with Gasteiger partial charge in [-0.3, -0.25) is 4.99 Å². The third kappa shape index (κ3) is 3.62. The molecule has 3 aliphatic heterocycles. The Kier molecular flexibility index (Phi) is 6.44. The van der Waals surface area contributed by atoms with E-state index >= 15 is 0 Å². The summed E-state index contributed by atoms with van der Waals surface area (Å²) in [6.45, 7) is 9.68. The third-order valence-corrected chi connectivity index (χ3v) is 7.19. The molecule has 4 fully saturated rings. The highest BCUT2D eigenvalue weighted by molar-refractivity contribution is 14.0. The minimum atomic E-state index is 0. The van der Waals surface area contributed by atoms with Crippen LogP contribution in [0, 0.1) is 16.7 Å². The van der Waals surface area contributed by atoms with Crippen LogP contribution in [0.2, 0.25) is 0 Å². The number of piperidine rings is 1. The predicted molar refractivity (Wildman–Crippen MR) is 115 cm³/mol. The van der Waals surface area contributed by atoms with Crippen LogP contribution in [-0.4, -0.2) is 63.0 Å². The van der Waals surface area contributed by atoms with Crippen molar-refractivity contribution >= 4 is 29.9 Å². The van der Waals surface area contributed by atoms with E-state index < -0.39 is 0 Å². The lowest BCUT2D eigenvalue weighted by atomic mass is 9.55. The monoisotopic (exact) mass is 477 g/mol. The van der Waals surface area contributed by atoms with Crippen LogP contribution in [0.3, 0.4) is 0 Å². The van der Waals surface area contributed by atoms with Gasteiger partial charge in [0, 0.05) is 56.1 Å². The van der Waals surface area contributed by atoms with E-state index in [-0.39, 0.29) is 29.4 Å². The summed E-state index contributed by atoms with van der Waals surface area (Å²) >= 11 is 0. The minimum absolute atomic E-state index is 0. The molecular formula is C20H36IN3O2. The topological polar surface area (TPSA) is 46.1 Å². The number of halogens is 1. The number of nitrogens with zero attached hydrogens (tertiary/aromatic N) is 2. The van der Waals surface area contributed by atoms with Gasteiger partial charge in [-0.05, 0) is 38.5 Å². The summed E-state index contributed by atoms with van der Waals surface area (Å²) in [6, 6.07) is 0.469. The zero-order valence-corrected chi connectivity index (χ0v) is 19.0. The molecule has 1 spiro atoms. The Balaban J connectivity index is 0.00000196. The van der Waals surface area contributed by atoms with Crippen LogP contribution in [0.15, 0.2) is 4.99 Å². The molecule has 0 aromatic carbocycles. The van der Waals surface area contributed by atoms with Gasteiger partial charge >= 0.3 is 0 Å². The smallest absolute Gasteiger partial charge is 0.193 e. The van der Waals surface area contributed by atoms with Crippen LogP contribution < -0.4 is 5.32 Å². The van der Waals surface area contributed by atoms with Gasteiger partial charge in [0.1, 0.15) is 0 Å². The van der Waals surface area contributed by atoms with E-state index in [2.05, 4.69) is 29.1 Å². The molecule has 0 bridgehead atoms. The Bertz CT molecular complexity index is 514. The van der Waals surface area contributed by atoms with E-state index in [9.17, 15) is 0 Å². The third-order valence-electron chi connectivity index (χ3n) is 7.19. The van der Waals surface area contributed by atoms with Crippen molar-refractivity contribution < 1.29 is 9.47 Å². The molecule has 3 heterocycles. The molecule has 5 nitrogen and oxygen atoms in total. The maximum atomic E-state index is 6.06.